The molecular weight excluding hydrogens is 186 g/mol. The predicted octanol–water partition coefficient (Wildman–Crippen LogP) is 2.24. The molecule has 1 saturated heterocycles. The van der Waals surface area contributed by atoms with Crippen LogP contribution in [0.1, 0.15) is 19.8 Å². The Morgan fingerprint density at radius 3 is 2.53 bits per heavy atom. The van der Waals surface area contributed by atoms with Crippen molar-refractivity contribution >= 4 is 6.29 Å². The lowest BCUT2D eigenvalue weighted by Gasteiger charge is -2.33. The molecule has 0 radical (unpaired) electrons. The van der Waals surface area contributed by atoms with Crippen LogP contribution in [0.25, 0.3) is 0 Å². The van der Waals surface area contributed by atoms with E-state index in [1.807, 2.05) is 25.2 Å². The number of carbonyl (C=O) groups is 1. The van der Waals surface area contributed by atoms with Gasteiger partial charge in [0, 0.05) is 0 Å². The van der Waals surface area contributed by atoms with Crippen molar-refractivity contribution in [3.05, 3.63) is 36.5 Å². The summed E-state index contributed by atoms with van der Waals surface area (Å²) in [5, 5.41) is 3.28. The summed E-state index contributed by atoms with van der Waals surface area (Å²) in [4.78, 5) is 11.3. The Kier molecular flexibility index (Phi) is 4.50. The number of nitrogens with one attached hydrogen (secondary N) is 1. The molecule has 1 rings (SSSR count). The van der Waals surface area contributed by atoms with Crippen LogP contribution >= 0.6 is 0 Å². The topological polar surface area (TPSA) is 29.1 Å². The van der Waals surface area contributed by atoms with Crippen LogP contribution in [0.5, 0.6) is 0 Å². The van der Waals surface area contributed by atoms with E-state index in [2.05, 4.69) is 11.9 Å². The van der Waals surface area contributed by atoms with Crippen molar-refractivity contribution in [3.63, 3.8) is 0 Å². The highest BCUT2D eigenvalue weighted by Crippen LogP contribution is 2.35. The highest BCUT2D eigenvalue weighted by Gasteiger charge is 2.33. The van der Waals surface area contributed by atoms with Crippen molar-refractivity contribution in [2.24, 2.45) is 5.41 Å². The van der Waals surface area contributed by atoms with Crippen LogP contribution in [0.15, 0.2) is 36.5 Å². The fraction of sp³-hybridized carbons (Fsp3) is 0.462. The smallest absolute Gasteiger partial charge is 0.130 e. The molecule has 2 heteroatoms. The lowest BCUT2D eigenvalue weighted by atomic mass is 9.73. The summed E-state index contributed by atoms with van der Waals surface area (Å²) < 4.78 is 0. The maximum atomic E-state index is 11.3. The first kappa shape index (κ1) is 11.9. The molecular formula is C13H19NO. The number of hydrogen-bond acceptors (Lipinski definition) is 2. The Morgan fingerprint density at radius 2 is 2.07 bits per heavy atom. The van der Waals surface area contributed by atoms with Gasteiger partial charge in [-0.05, 0) is 38.4 Å². The van der Waals surface area contributed by atoms with Gasteiger partial charge in [0.1, 0.15) is 6.29 Å². The largest absolute Gasteiger partial charge is 0.317 e. The molecule has 0 aromatic heterocycles. The molecule has 1 aliphatic rings. The molecule has 15 heavy (non-hydrogen) atoms. The second kappa shape index (κ2) is 5.66. The molecule has 0 aliphatic carbocycles. The van der Waals surface area contributed by atoms with E-state index in [-0.39, 0.29) is 5.41 Å². The number of carbonyl (C=O) groups excluding carboxylic acids is 1. The summed E-state index contributed by atoms with van der Waals surface area (Å²) >= 11 is 0. The quantitative estimate of drug-likeness (QED) is 0.563. The third-order valence-corrected chi connectivity index (χ3v) is 2.94. The second-order valence-corrected chi connectivity index (χ2v) is 3.88. The lowest BCUT2D eigenvalue weighted by molar-refractivity contribution is -0.115. The first-order valence-corrected chi connectivity index (χ1v) is 5.42. The van der Waals surface area contributed by atoms with Gasteiger partial charge in [-0.25, -0.2) is 0 Å². The zero-order chi connectivity index (χ0) is 11.1. The van der Waals surface area contributed by atoms with Crippen molar-refractivity contribution in [3.8, 4) is 0 Å². The first-order chi connectivity index (χ1) is 7.29. The molecule has 2 nitrogen and oxygen atoms in total. The van der Waals surface area contributed by atoms with Gasteiger partial charge in [-0.15, -0.1) is 0 Å². The normalized spacial score (nSPS) is 21.5. The van der Waals surface area contributed by atoms with Crippen LogP contribution in [-0.4, -0.2) is 19.4 Å². The Hall–Kier alpha value is -1.15. The standard InChI is InChI=1S/C13H19NO/c1-3-5-12(6-4-2)13(11-15)7-9-14-10-8-13/h3-6,11,14H,1,7-10H2,2H3/b6-4-,12-5+. The molecule has 0 bridgehead atoms. The van der Waals surface area contributed by atoms with Gasteiger partial charge in [-0.3, -0.25) is 0 Å². The van der Waals surface area contributed by atoms with Gasteiger partial charge in [0.05, 0.1) is 5.41 Å². The Morgan fingerprint density at radius 1 is 1.40 bits per heavy atom. The average Bonchev–Trinajstić information content (AvgIpc) is 2.30. The summed E-state index contributed by atoms with van der Waals surface area (Å²) in [5.41, 5.74) is 0.780. The second-order valence-electron chi connectivity index (χ2n) is 3.88. The van der Waals surface area contributed by atoms with E-state index in [9.17, 15) is 4.79 Å². The average molecular weight is 205 g/mol. The molecule has 0 saturated carbocycles. The van der Waals surface area contributed by atoms with Crippen LogP contribution in [0.2, 0.25) is 0 Å². The van der Waals surface area contributed by atoms with E-state index in [0.717, 1.165) is 37.8 Å². The van der Waals surface area contributed by atoms with Crippen molar-refractivity contribution in [1.82, 2.24) is 5.32 Å². The van der Waals surface area contributed by atoms with Crippen molar-refractivity contribution < 1.29 is 4.79 Å². The van der Waals surface area contributed by atoms with E-state index in [1.54, 1.807) is 6.08 Å². The molecule has 1 heterocycles. The Balaban J connectivity index is 2.99. The summed E-state index contributed by atoms with van der Waals surface area (Å²) in [7, 11) is 0. The summed E-state index contributed by atoms with van der Waals surface area (Å²) in [6, 6.07) is 0. The summed E-state index contributed by atoms with van der Waals surface area (Å²) in [6.07, 6.45) is 10.5. The molecule has 82 valence electrons. The summed E-state index contributed by atoms with van der Waals surface area (Å²) in [5.74, 6) is 0. The van der Waals surface area contributed by atoms with Crippen LogP contribution in [0.3, 0.4) is 0 Å². The summed E-state index contributed by atoms with van der Waals surface area (Å²) in [6.45, 7) is 7.48. The molecule has 1 aliphatic heterocycles. The number of piperidine rings is 1. The minimum absolute atomic E-state index is 0.300. The van der Waals surface area contributed by atoms with Crippen LogP contribution in [0.4, 0.5) is 0 Å². The molecule has 0 unspecified atom stereocenters. The minimum Gasteiger partial charge on any atom is -0.317 e. The van der Waals surface area contributed by atoms with Gasteiger partial charge in [0.2, 0.25) is 0 Å². The van der Waals surface area contributed by atoms with Crippen molar-refractivity contribution in [2.45, 2.75) is 19.8 Å². The number of allylic oxidation sites excluding steroid dienone is 5. The van der Waals surface area contributed by atoms with Crippen LogP contribution in [-0.2, 0) is 4.79 Å². The lowest BCUT2D eigenvalue weighted by Crippen LogP contribution is -2.38. The monoisotopic (exact) mass is 205 g/mol. The Labute approximate surface area is 91.8 Å². The predicted molar refractivity (Wildman–Crippen MR) is 63.7 cm³/mol. The Bertz CT molecular complexity index is 283. The van der Waals surface area contributed by atoms with Crippen molar-refractivity contribution in [1.29, 1.82) is 0 Å². The van der Waals surface area contributed by atoms with Crippen LogP contribution < -0.4 is 5.32 Å². The highest BCUT2D eigenvalue weighted by molar-refractivity contribution is 5.67. The SMILES string of the molecule is C=C/C=C(\C=C/C)C1(C=O)CCNCC1. The maximum Gasteiger partial charge on any atom is 0.130 e. The van der Waals surface area contributed by atoms with Gasteiger partial charge < -0.3 is 10.1 Å². The zero-order valence-electron chi connectivity index (χ0n) is 9.33. The highest BCUT2D eigenvalue weighted by atomic mass is 16.1. The molecule has 0 aromatic carbocycles. The number of aldehydes is 1. The van der Waals surface area contributed by atoms with Gasteiger partial charge in [0.25, 0.3) is 0 Å². The van der Waals surface area contributed by atoms with Gasteiger partial charge in [-0.2, -0.15) is 0 Å². The molecule has 1 N–H and O–H groups in total. The fourth-order valence-corrected chi connectivity index (χ4v) is 2.04. The fourth-order valence-electron chi connectivity index (χ4n) is 2.04. The van der Waals surface area contributed by atoms with E-state index < -0.39 is 0 Å². The van der Waals surface area contributed by atoms with E-state index in [0.29, 0.717) is 0 Å². The van der Waals surface area contributed by atoms with E-state index in [1.165, 1.54) is 0 Å². The number of rotatable bonds is 4. The van der Waals surface area contributed by atoms with E-state index >= 15 is 0 Å². The first-order valence-electron chi connectivity index (χ1n) is 5.42. The molecule has 0 spiro atoms. The molecule has 0 atom stereocenters. The van der Waals surface area contributed by atoms with Crippen molar-refractivity contribution in [2.75, 3.05) is 13.1 Å². The third kappa shape index (κ3) is 2.66. The third-order valence-electron chi connectivity index (χ3n) is 2.94. The molecule has 1 fully saturated rings. The van der Waals surface area contributed by atoms with Crippen LogP contribution in [0, 0.1) is 5.41 Å². The maximum absolute atomic E-state index is 11.3. The minimum atomic E-state index is -0.300. The molecule has 0 aromatic rings. The van der Waals surface area contributed by atoms with E-state index in [4.69, 9.17) is 0 Å². The number of hydrogen-bond donors (Lipinski definition) is 1. The zero-order valence-corrected chi connectivity index (χ0v) is 9.33. The van der Waals surface area contributed by atoms with Gasteiger partial charge in [0.15, 0.2) is 0 Å². The van der Waals surface area contributed by atoms with Gasteiger partial charge >= 0.3 is 0 Å². The molecule has 0 amide bonds. The van der Waals surface area contributed by atoms with Gasteiger partial charge in [-0.1, -0.05) is 30.9 Å².